The molecule has 2 nitrogen and oxygen atoms in total. The molecule has 0 N–H and O–H groups in total. The van der Waals surface area contributed by atoms with Gasteiger partial charge in [-0.25, -0.2) is 0 Å². The van der Waals surface area contributed by atoms with Crippen LogP contribution in [0.3, 0.4) is 0 Å². The van der Waals surface area contributed by atoms with Crippen molar-refractivity contribution < 1.29 is 4.74 Å². The first-order chi connectivity index (χ1) is 7.18. The molecular formula is C12H16BrNO. The Balaban J connectivity index is 2.24. The highest BCUT2D eigenvalue weighted by atomic mass is 79.9. The summed E-state index contributed by atoms with van der Waals surface area (Å²) < 4.78 is 6.61. The third-order valence-corrected chi connectivity index (χ3v) is 3.73. The number of aryl methyl sites for hydroxylation is 1. The third-order valence-electron chi connectivity index (χ3n) is 2.84. The van der Waals surface area contributed by atoms with Gasteiger partial charge in [0.1, 0.15) is 0 Å². The smallest absolute Gasteiger partial charge is 0.0668 e. The molecule has 1 aromatic carbocycles. The van der Waals surface area contributed by atoms with E-state index < -0.39 is 0 Å². The van der Waals surface area contributed by atoms with E-state index in [0.717, 1.165) is 19.8 Å². The normalized spacial score (nSPS) is 21.8. The summed E-state index contributed by atoms with van der Waals surface area (Å²) in [5.41, 5.74) is 2.58. The van der Waals surface area contributed by atoms with Gasteiger partial charge in [-0.05, 0) is 37.6 Å². The molecule has 2 rings (SSSR count). The summed E-state index contributed by atoms with van der Waals surface area (Å²) in [6, 6.07) is 6.98. The number of nitrogens with zero attached hydrogens (tertiary/aromatic N) is 1. The van der Waals surface area contributed by atoms with Gasteiger partial charge in [0.25, 0.3) is 0 Å². The van der Waals surface area contributed by atoms with E-state index in [0.29, 0.717) is 6.04 Å². The molecule has 82 valence electrons. The van der Waals surface area contributed by atoms with Crippen LogP contribution in [0.5, 0.6) is 0 Å². The topological polar surface area (TPSA) is 12.5 Å². The molecule has 0 saturated carbocycles. The molecule has 1 saturated heterocycles. The lowest BCUT2D eigenvalue weighted by atomic mass is 10.1. The number of hydrogen-bond acceptors (Lipinski definition) is 2. The van der Waals surface area contributed by atoms with Crippen molar-refractivity contribution in [2.75, 3.05) is 24.7 Å². The zero-order chi connectivity index (χ0) is 10.8. The van der Waals surface area contributed by atoms with E-state index in [1.807, 2.05) is 0 Å². The second-order valence-electron chi connectivity index (χ2n) is 4.05. The second-order valence-corrected chi connectivity index (χ2v) is 4.91. The fraction of sp³-hybridized carbons (Fsp3) is 0.500. The number of benzene rings is 1. The number of ether oxygens (including phenoxy) is 1. The lowest BCUT2D eigenvalue weighted by Gasteiger charge is -2.35. The zero-order valence-electron chi connectivity index (χ0n) is 9.16. The van der Waals surface area contributed by atoms with Crippen LogP contribution in [0.2, 0.25) is 0 Å². The minimum absolute atomic E-state index is 0.472. The molecular weight excluding hydrogens is 254 g/mol. The van der Waals surface area contributed by atoms with Crippen LogP contribution in [0.4, 0.5) is 5.69 Å². The van der Waals surface area contributed by atoms with Crippen molar-refractivity contribution in [3.05, 3.63) is 28.2 Å². The highest BCUT2D eigenvalue weighted by Crippen LogP contribution is 2.25. The molecule has 1 heterocycles. The van der Waals surface area contributed by atoms with Gasteiger partial charge >= 0.3 is 0 Å². The fourth-order valence-corrected chi connectivity index (χ4v) is 2.16. The first-order valence-electron chi connectivity index (χ1n) is 5.29. The standard InChI is InChI=1S/C12H16BrNO/c1-9-7-11(3-4-12(9)13)14-5-6-15-8-10(14)2/h3-4,7,10H,5-6,8H2,1-2H3. The van der Waals surface area contributed by atoms with Crippen molar-refractivity contribution in [1.82, 2.24) is 0 Å². The zero-order valence-corrected chi connectivity index (χ0v) is 10.8. The number of morpholine rings is 1. The van der Waals surface area contributed by atoms with Crippen LogP contribution in [0.25, 0.3) is 0 Å². The van der Waals surface area contributed by atoms with Crippen LogP contribution in [-0.2, 0) is 4.74 Å². The Bertz CT molecular complexity index is 353. The van der Waals surface area contributed by atoms with Gasteiger partial charge in [0.05, 0.1) is 13.2 Å². The monoisotopic (exact) mass is 269 g/mol. The Labute approximate surface area is 99.4 Å². The number of rotatable bonds is 1. The maximum Gasteiger partial charge on any atom is 0.0668 e. The molecule has 0 bridgehead atoms. The molecule has 1 atom stereocenters. The first kappa shape index (κ1) is 11.0. The third kappa shape index (κ3) is 2.34. The second kappa shape index (κ2) is 4.54. The van der Waals surface area contributed by atoms with Crippen LogP contribution in [-0.4, -0.2) is 25.8 Å². The van der Waals surface area contributed by atoms with Gasteiger partial charge in [0.15, 0.2) is 0 Å². The van der Waals surface area contributed by atoms with Crippen molar-refractivity contribution in [2.45, 2.75) is 19.9 Å². The molecule has 1 unspecified atom stereocenters. The Morgan fingerprint density at radius 2 is 2.27 bits per heavy atom. The first-order valence-corrected chi connectivity index (χ1v) is 6.08. The van der Waals surface area contributed by atoms with E-state index >= 15 is 0 Å². The van der Waals surface area contributed by atoms with Crippen molar-refractivity contribution in [2.24, 2.45) is 0 Å². The van der Waals surface area contributed by atoms with Crippen molar-refractivity contribution in [1.29, 1.82) is 0 Å². The summed E-state index contributed by atoms with van der Waals surface area (Å²) in [7, 11) is 0. The van der Waals surface area contributed by atoms with Crippen LogP contribution in [0.15, 0.2) is 22.7 Å². The molecule has 0 radical (unpaired) electrons. The minimum atomic E-state index is 0.472. The Morgan fingerprint density at radius 3 is 2.93 bits per heavy atom. The Hall–Kier alpha value is -0.540. The van der Waals surface area contributed by atoms with Crippen LogP contribution in [0.1, 0.15) is 12.5 Å². The Kier molecular flexibility index (Phi) is 3.32. The summed E-state index contributed by atoms with van der Waals surface area (Å²) in [5, 5.41) is 0. The van der Waals surface area contributed by atoms with Crippen molar-refractivity contribution >= 4 is 21.6 Å². The number of halogens is 1. The summed E-state index contributed by atoms with van der Waals surface area (Å²) in [6.07, 6.45) is 0. The largest absolute Gasteiger partial charge is 0.377 e. The van der Waals surface area contributed by atoms with Gasteiger partial charge in [-0.3, -0.25) is 0 Å². The predicted octanol–water partition coefficient (Wildman–Crippen LogP) is 2.98. The lowest BCUT2D eigenvalue weighted by Crippen LogP contribution is -2.43. The molecule has 1 fully saturated rings. The van der Waals surface area contributed by atoms with Crippen LogP contribution >= 0.6 is 15.9 Å². The average molecular weight is 270 g/mol. The van der Waals surface area contributed by atoms with Gasteiger partial charge in [0.2, 0.25) is 0 Å². The highest BCUT2D eigenvalue weighted by molar-refractivity contribution is 9.10. The fourth-order valence-electron chi connectivity index (χ4n) is 1.92. The van der Waals surface area contributed by atoms with Crippen molar-refractivity contribution in [3.8, 4) is 0 Å². The summed E-state index contributed by atoms with van der Waals surface area (Å²) in [4.78, 5) is 2.41. The number of hydrogen-bond donors (Lipinski definition) is 0. The SMILES string of the molecule is Cc1cc(N2CCOCC2C)ccc1Br. The molecule has 1 aliphatic heterocycles. The lowest BCUT2D eigenvalue weighted by molar-refractivity contribution is 0.0989. The maximum atomic E-state index is 5.44. The molecule has 15 heavy (non-hydrogen) atoms. The van der Waals surface area contributed by atoms with E-state index in [-0.39, 0.29) is 0 Å². The van der Waals surface area contributed by atoms with E-state index in [1.54, 1.807) is 0 Å². The Morgan fingerprint density at radius 1 is 1.47 bits per heavy atom. The van der Waals surface area contributed by atoms with E-state index in [2.05, 4.69) is 52.9 Å². The molecule has 3 heteroatoms. The summed E-state index contributed by atoms with van der Waals surface area (Å²) in [6.45, 7) is 6.98. The van der Waals surface area contributed by atoms with Gasteiger partial charge in [0, 0.05) is 22.7 Å². The maximum absolute atomic E-state index is 5.44. The van der Waals surface area contributed by atoms with Crippen molar-refractivity contribution in [3.63, 3.8) is 0 Å². The van der Waals surface area contributed by atoms with Crippen LogP contribution < -0.4 is 4.90 Å². The van der Waals surface area contributed by atoms with Gasteiger partial charge < -0.3 is 9.64 Å². The van der Waals surface area contributed by atoms with Gasteiger partial charge in [-0.2, -0.15) is 0 Å². The molecule has 0 aromatic heterocycles. The molecule has 1 aliphatic rings. The molecule has 1 aromatic rings. The minimum Gasteiger partial charge on any atom is -0.377 e. The van der Waals surface area contributed by atoms with Gasteiger partial charge in [-0.1, -0.05) is 15.9 Å². The summed E-state index contributed by atoms with van der Waals surface area (Å²) in [5.74, 6) is 0. The number of anilines is 1. The molecule has 0 amide bonds. The highest BCUT2D eigenvalue weighted by Gasteiger charge is 2.19. The van der Waals surface area contributed by atoms with E-state index in [4.69, 9.17) is 4.74 Å². The van der Waals surface area contributed by atoms with Gasteiger partial charge in [-0.15, -0.1) is 0 Å². The van der Waals surface area contributed by atoms with Crippen LogP contribution in [0, 0.1) is 6.92 Å². The molecule has 0 aliphatic carbocycles. The van der Waals surface area contributed by atoms with E-state index in [9.17, 15) is 0 Å². The summed E-state index contributed by atoms with van der Waals surface area (Å²) >= 11 is 3.53. The average Bonchev–Trinajstić information content (AvgIpc) is 2.23. The quantitative estimate of drug-likeness (QED) is 0.777. The molecule has 0 spiro atoms. The predicted molar refractivity (Wildman–Crippen MR) is 66.5 cm³/mol. The van der Waals surface area contributed by atoms with E-state index in [1.165, 1.54) is 15.7 Å².